The van der Waals surface area contributed by atoms with Gasteiger partial charge in [0.2, 0.25) is 0 Å². The monoisotopic (exact) mass is 325 g/mol. The summed E-state index contributed by atoms with van der Waals surface area (Å²) in [5.74, 6) is -1.10. The second kappa shape index (κ2) is 5.68. The molecule has 0 saturated carbocycles. The standard InChI is InChI=1S/C15H14F3N3O2/c16-15(17,18)13-11-3-1-2-4-12(11)21(20-13)8-10-7-9(14(22)23)5-6-19-10/h5-7H,1-4,8H2,(H,22,23). The Morgan fingerprint density at radius 1 is 1.30 bits per heavy atom. The van der Waals surface area contributed by atoms with Gasteiger partial charge in [-0.2, -0.15) is 18.3 Å². The van der Waals surface area contributed by atoms with Crippen LogP contribution in [0.15, 0.2) is 18.3 Å². The highest BCUT2D eigenvalue weighted by atomic mass is 19.4. The van der Waals surface area contributed by atoms with E-state index >= 15 is 0 Å². The molecule has 0 aliphatic heterocycles. The first-order valence-corrected chi connectivity index (χ1v) is 7.20. The van der Waals surface area contributed by atoms with Crippen LogP contribution in [0.4, 0.5) is 13.2 Å². The van der Waals surface area contributed by atoms with Crippen molar-refractivity contribution < 1.29 is 23.1 Å². The number of fused-ring (bicyclic) bond motifs is 1. The average Bonchev–Trinajstić information content (AvgIpc) is 2.87. The number of hydrogen-bond donors (Lipinski definition) is 1. The van der Waals surface area contributed by atoms with Gasteiger partial charge in [-0.3, -0.25) is 9.67 Å². The van der Waals surface area contributed by atoms with Crippen LogP contribution in [0.3, 0.4) is 0 Å². The van der Waals surface area contributed by atoms with Gasteiger partial charge in [0.05, 0.1) is 17.8 Å². The third kappa shape index (κ3) is 3.06. The van der Waals surface area contributed by atoms with Crippen LogP contribution in [0.5, 0.6) is 0 Å². The van der Waals surface area contributed by atoms with Crippen molar-refractivity contribution in [1.82, 2.24) is 14.8 Å². The van der Waals surface area contributed by atoms with Crippen LogP contribution in [0, 0.1) is 0 Å². The molecular weight excluding hydrogens is 311 g/mol. The fourth-order valence-corrected chi connectivity index (χ4v) is 2.88. The fourth-order valence-electron chi connectivity index (χ4n) is 2.88. The van der Waals surface area contributed by atoms with Crippen molar-refractivity contribution in [2.45, 2.75) is 38.4 Å². The van der Waals surface area contributed by atoms with E-state index in [1.54, 1.807) is 0 Å². The summed E-state index contributed by atoms with van der Waals surface area (Å²) in [4.78, 5) is 15.0. The molecule has 2 heterocycles. The van der Waals surface area contributed by atoms with Gasteiger partial charge in [0.1, 0.15) is 0 Å². The summed E-state index contributed by atoms with van der Waals surface area (Å²) in [6, 6.07) is 2.69. The number of halogens is 3. The Labute approximate surface area is 129 Å². The molecule has 8 heteroatoms. The summed E-state index contributed by atoms with van der Waals surface area (Å²) in [6.45, 7) is 0.0273. The molecule has 0 saturated heterocycles. The molecule has 0 unspecified atom stereocenters. The van der Waals surface area contributed by atoms with Gasteiger partial charge >= 0.3 is 12.1 Å². The predicted octanol–water partition coefficient (Wildman–Crippen LogP) is 2.92. The van der Waals surface area contributed by atoms with Crippen LogP contribution in [0.25, 0.3) is 0 Å². The maximum absolute atomic E-state index is 13.1. The first-order chi connectivity index (χ1) is 10.9. The quantitative estimate of drug-likeness (QED) is 0.942. The Morgan fingerprint density at radius 2 is 2.04 bits per heavy atom. The van der Waals surface area contributed by atoms with Gasteiger partial charge in [0.15, 0.2) is 5.69 Å². The van der Waals surface area contributed by atoms with Crippen molar-refractivity contribution in [1.29, 1.82) is 0 Å². The van der Waals surface area contributed by atoms with E-state index in [2.05, 4.69) is 10.1 Å². The number of carboxylic acids is 1. The van der Waals surface area contributed by atoms with Crippen LogP contribution in [-0.4, -0.2) is 25.8 Å². The Balaban J connectivity index is 1.99. The summed E-state index contributed by atoms with van der Waals surface area (Å²) in [5, 5.41) is 12.7. The molecule has 1 N–H and O–H groups in total. The molecule has 5 nitrogen and oxygen atoms in total. The molecule has 0 fully saturated rings. The molecular formula is C15H14F3N3O2. The highest BCUT2D eigenvalue weighted by Crippen LogP contribution is 2.35. The van der Waals surface area contributed by atoms with Gasteiger partial charge in [-0.15, -0.1) is 0 Å². The number of aromatic carboxylic acids is 1. The largest absolute Gasteiger partial charge is 0.478 e. The Morgan fingerprint density at radius 3 is 2.74 bits per heavy atom. The molecule has 23 heavy (non-hydrogen) atoms. The van der Waals surface area contributed by atoms with Crippen LogP contribution >= 0.6 is 0 Å². The second-order valence-electron chi connectivity index (χ2n) is 5.48. The summed E-state index contributed by atoms with van der Waals surface area (Å²) in [5.41, 5.74) is 0.424. The molecule has 2 aromatic heterocycles. The lowest BCUT2D eigenvalue weighted by molar-refractivity contribution is -0.142. The van der Waals surface area contributed by atoms with Crippen LogP contribution < -0.4 is 0 Å². The maximum Gasteiger partial charge on any atom is 0.435 e. The van der Waals surface area contributed by atoms with E-state index in [9.17, 15) is 18.0 Å². The minimum atomic E-state index is -4.48. The lowest BCUT2D eigenvalue weighted by atomic mass is 9.95. The zero-order valence-corrected chi connectivity index (χ0v) is 12.1. The van der Waals surface area contributed by atoms with E-state index in [1.807, 2.05) is 0 Å². The molecule has 0 radical (unpaired) electrons. The van der Waals surface area contributed by atoms with Crippen molar-refractivity contribution in [3.05, 3.63) is 46.5 Å². The summed E-state index contributed by atoms with van der Waals surface area (Å²) in [7, 11) is 0. The molecule has 3 rings (SSSR count). The SMILES string of the molecule is O=C(O)c1ccnc(Cn2nc(C(F)(F)F)c3c2CCCC3)c1. The number of carboxylic acid groups (broad SMARTS) is 1. The van der Waals surface area contributed by atoms with Gasteiger partial charge in [0.25, 0.3) is 0 Å². The number of nitrogens with zero attached hydrogens (tertiary/aromatic N) is 3. The average molecular weight is 325 g/mol. The minimum Gasteiger partial charge on any atom is -0.478 e. The second-order valence-corrected chi connectivity index (χ2v) is 5.48. The van der Waals surface area contributed by atoms with Crippen molar-refractivity contribution in [3.63, 3.8) is 0 Å². The number of pyridine rings is 1. The number of hydrogen-bond acceptors (Lipinski definition) is 3. The Hall–Kier alpha value is -2.38. The first-order valence-electron chi connectivity index (χ1n) is 7.20. The van der Waals surface area contributed by atoms with Gasteiger partial charge in [0, 0.05) is 17.5 Å². The number of aromatic nitrogens is 3. The first kappa shape index (κ1) is 15.5. The van der Waals surface area contributed by atoms with Gasteiger partial charge in [-0.1, -0.05) is 0 Å². The molecule has 122 valence electrons. The molecule has 0 amide bonds. The molecule has 0 bridgehead atoms. The van der Waals surface area contributed by atoms with Crippen molar-refractivity contribution in [2.24, 2.45) is 0 Å². The van der Waals surface area contributed by atoms with Crippen molar-refractivity contribution in [2.75, 3.05) is 0 Å². The third-order valence-corrected chi connectivity index (χ3v) is 3.90. The highest BCUT2D eigenvalue weighted by molar-refractivity contribution is 5.87. The van der Waals surface area contributed by atoms with Gasteiger partial charge in [-0.25, -0.2) is 4.79 Å². The summed E-state index contributed by atoms with van der Waals surface area (Å²) >= 11 is 0. The Kier molecular flexibility index (Phi) is 3.83. The van der Waals surface area contributed by atoms with Crippen molar-refractivity contribution in [3.8, 4) is 0 Å². The third-order valence-electron chi connectivity index (χ3n) is 3.90. The van der Waals surface area contributed by atoms with E-state index < -0.39 is 17.8 Å². The van der Waals surface area contributed by atoms with Crippen LogP contribution in [-0.2, 0) is 25.6 Å². The van der Waals surface area contributed by atoms with Crippen LogP contribution in [0.1, 0.15) is 45.8 Å². The fraction of sp³-hybridized carbons (Fsp3) is 0.400. The number of alkyl halides is 3. The molecule has 0 atom stereocenters. The number of rotatable bonds is 3. The van der Waals surface area contributed by atoms with Gasteiger partial charge < -0.3 is 5.11 Å². The van der Waals surface area contributed by atoms with E-state index in [0.29, 0.717) is 30.7 Å². The van der Waals surface area contributed by atoms with Crippen LogP contribution in [0.2, 0.25) is 0 Å². The zero-order chi connectivity index (χ0) is 16.6. The normalized spacial score (nSPS) is 14.6. The van der Waals surface area contributed by atoms with Gasteiger partial charge in [-0.05, 0) is 37.8 Å². The summed E-state index contributed by atoms with van der Waals surface area (Å²) < 4.78 is 40.7. The maximum atomic E-state index is 13.1. The lowest BCUT2D eigenvalue weighted by Gasteiger charge is -2.14. The van der Waals surface area contributed by atoms with Crippen molar-refractivity contribution >= 4 is 5.97 Å². The summed E-state index contributed by atoms with van der Waals surface area (Å²) in [6.07, 6.45) is -0.709. The topological polar surface area (TPSA) is 68.0 Å². The molecule has 1 aliphatic carbocycles. The smallest absolute Gasteiger partial charge is 0.435 e. The molecule has 0 spiro atoms. The Bertz CT molecular complexity index is 753. The predicted molar refractivity (Wildman–Crippen MR) is 74.2 cm³/mol. The van der Waals surface area contributed by atoms with E-state index in [1.165, 1.54) is 23.0 Å². The number of carbonyl (C=O) groups is 1. The van der Waals surface area contributed by atoms with E-state index in [0.717, 1.165) is 6.42 Å². The van der Waals surface area contributed by atoms with E-state index in [-0.39, 0.29) is 17.7 Å². The molecule has 1 aliphatic rings. The zero-order valence-electron chi connectivity index (χ0n) is 12.1. The van der Waals surface area contributed by atoms with E-state index in [4.69, 9.17) is 5.11 Å². The minimum absolute atomic E-state index is 0.0273. The molecule has 0 aromatic carbocycles. The highest BCUT2D eigenvalue weighted by Gasteiger charge is 2.39. The lowest BCUT2D eigenvalue weighted by Crippen LogP contribution is -2.11. The molecule has 2 aromatic rings.